The Hall–Kier alpha value is -4.54. The van der Waals surface area contributed by atoms with Crippen LogP contribution in [-0.4, -0.2) is 9.97 Å². The fourth-order valence-corrected chi connectivity index (χ4v) is 7.80. The summed E-state index contributed by atoms with van der Waals surface area (Å²) in [5.41, 5.74) is 6.37. The number of nitrogens with zero attached hydrogens (tertiary/aromatic N) is 2. The summed E-state index contributed by atoms with van der Waals surface area (Å²) in [6, 6.07) is 38.6. The summed E-state index contributed by atoms with van der Waals surface area (Å²) in [6.07, 6.45) is 1.97. The van der Waals surface area contributed by atoms with E-state index < -0.39 is 0 Å². The van der Waals surface area contributed by atoms with Crippen molar-refractivity contribution >= 4 is 42.4 Å². The lowest BCUT2D eigenvalue weighted by Crippen LogP contribution is -2.30. The van der Waals surface area contributed by atoms with E-state index in [0.29, 0.717) is 0 Å². The number of fused-ring (bicyclic) bond motifs is 6. The van der Waals surface area contributed by atoms with Crippen molar-refractivity contribution in [3.8, 4) is 34.1 Å². The molecule has 0 unspecified atom stereocenters. The molecule has 0 saturated carbocycles. The molecule has 0 bridgehead atoms. The monoisotopic (exact) mass is 548 g/mol. The molecule has 7 aromatic rings. The van der Waals surface area contributed by atoms with Gasteiger partial charge in [-0.1, -0.05) is 80.6 Å². The van der Waals surface area contributed by atoms with E-state index in [1.165, 1.54) is 31.3 Å². The zero-order valence-electron chi connectivity index (χ0n) is 23.0. The quantitative estimate of drug-likeness (QED) is 0.219. The van der Waals surface area contributed by atoms with Gasteiger partial charge < -0.3 is 4.74 Å². The molecule has 0 fully saturated rings. The van der Waals surface area contributed by atoms with Crippen LogP contribution in [0.15, 0.2) is 109 Å². The zero-order chi connectivity index (χ0) is 27.6. The highest BCUT2D eigenvalue weighted by Gasteiger charge is 2.39. The second-order valence-corrected chi connectivity index (χ2v) is 11.9. The molecule has 3 nitrogen and oxygen atoms in total. The normalized spacial score (nSPS) is 13.7. The van der Waals surface area contributed by atoms with E-state index in [4.69, 9.17) is 14.7 Å². The lowest BCUT2D eigenvalue weighted by atomic mass is 9.68. The molecule has 2 aromatic heterocycles. The largest absolute Gasteiger partial charge is 0.457 e. The highest BCUT2D eigenvalue weighted by atomic mass is 32.1. The summed E-state index contributed by atoms with van der Waals surface area (Å²) in [4.78, 5) is 10.3. The zero-order valence-corrected chi connectivity index (χ0v) is 23.8. The molecule has 0 radical (unpaired) electrons. The standard InChI is InChI=1S/C37H28N2OS/c1-3-37(4-2)28-13-7-9-15-31(28)40-32-20-18-24(21-29(32)37)36-38-30-14-8-5-12-27(30)35(39-36)23-17-19-26-25-11-6-10-16-33(25)41-34(26)22-23/h5-22H,3-4H2,1-2H3. The molecule has 0 N–H and O–H groups in total. The van der Waals surface area contributed by atoms with Crippen LogP contribution in [0.2, 0.25) is 0 Å². The number of ether oxygens (including phenoxy) is 1. The first-order valence-electron chi connectivity index (χ1n) is 14.3. The molecular formula is C37H28N2OS. The van der Waals surface area contributed by atoms with Crippen LogP contribution < -0.4 is 4.74 Å². The first-order chi connectivity index (χ1) is 20.2. The summed E-state index contributed by atoms with van der Waals surface area (Å²) in [7, 11) is 0. The van der Waals surface area contributed by atoms with E-state index in [1.54, 1.807) is 0 Å². The van der Waals surface area contributed by atoms with Crippen molar-refractivity contribution < 1.29 is 4.74 Å². The SMILES string of the molecule is CCC1(CC)c2ccccc2Oc2ccc(-c3nc(-c4ccc5c(c4)sc4ccccc45)c4ccccc4n3)cc21. The van der Waals surface area contributed by atoms with Crippen LogP contribution in [0.5, 0.6) is 11.5 Å². The molecule has 5 aromatic carbocycles. The molecule has 1 aliphatic rings. The lowest BCUT2D eigenvalue weighted by molar-refractivity contribution is 0.375. The molecule has 41 heavy (non-hydrogen) atoms. The van der Waals surface area contributed by atoms with Gasteiger partial charge in [0.1, 0.15) is 11.5 Å². The Morgan fingerprint density at radius 1 is 0.610 bits per heavy atom. The van der Waals surface area contributed by atoms with Crippen molar-refractivity contribution in [2.45, 2.75) is 32.1 Å². The van der Waals surface area contributed by atoms with E-state index in [0.717, 1.165) is 57.9 Å². The highest BCUT2D eigenvalue weighted by molar-refractivity contribution is 7.25. The van der Waals surface area contributed by atoms with Crippen molar-refractivity contribution in [3.63, 3.8) is 0 Å². The minimum Gasteiger partial charge on any atom is -0.457 e. The van der Waals surface area contributed by atoms with Crippen molar-refractivity contribution in [1.82, 2.24) is 9.97 Å². The molecule has 0 amide bonds. The van der Waals surface area contributed by atoms with Crippen molar-refractivity contribution in [1.29, 1.82) is 0 Å². The van der Waals surface area contributed by atoms with Crippen LogP contribution in [0.4, 0.5) is 0 Å². The Bertz CT molecular complexity index is 2120. The highest BCUT2D eigenvalue weighted by Crippen LogP contribution is 2.52. The predicted octanol–water partition coefficient (Wildman–Crippen LogP) is 10.5. The van der Waals surface area contributed by atoms with Gasteiger partial charge in [0, 0.05) is 53.2 Å². The first kappa shape index (κ1) is 24.3. The summed E-state index contributed by atoms with van der Waals surface area (Å²) >= 11 is 1.83. The van der Waals surface area contributed by atoms with Crippen molar-refractivity contribution in [2.24, 2.45) is 0 Å². The number of hydrogen-bond donors (Lipinski definition) is 0. The van der Waals surface area contributed by atoms with Crippen LogP contribution in [0, 0.1) is 0 Å². The number of rotatable bonds is 4. The van der Waals surface area contributed by atoms with Gasteiger partial charge in [0.25, 0.3) is 0 Å². The van der Waals surface area contributed by atoms with Gasteiger partial charge in [-0.2, -0.15) is 0 Å². The van der Waals surface area contributed by atoms with Crippen LogP contribution in [-0.2, 0) is 5.41 Å². The van der Waals surface area contributed by atoms with Gasteiger partial charge in [0.05, 0.1) is 11.2 Å². The second-order valence-electron chi connectivity index (χ2n) is 10.8. The van der Waals surface area contributed by atoms with E-state index in [9.17, 15) is 0 Å². The van der Waals surface area contributed by atoms with Crippen LogP contribution >= 0.6 is 11.3 Å². The lowest BCUT2D eigenvalue weighted by Gasteiger charge is -2.39. The number of hydrogen-bond acceptors (Lipinski definition) is 4. The molecule has 0 atom stereocenters. The maximum absolute atomic E-state index is 6.42. The summed E-state index contributed by atoms with van der Waals surface area (Å²) in [5.74, 6) is 2.61. The van der Waals surface area contributed by atoms with Gasteiger partial charge in [0.2, 0.25) is 0 Å². The van der Waals surface area contributed by atoms with Crippen LogP contribution in [0.1, 0.15) is 37.8 Å². The molecule has 198 valence electrons. The second kappa shape index (κ2) is 9.25. The summed E-state index contributed by atoms with van der Waals surface area (Å²) in [5, 5.41) is 3.65. The maximum Gasteiger partial charge on any atom is 0.160 e. The Labute approximate surface area is 243 Å². The minimum atomic E-state index is -0.119. The van der Waals surface area contributed by atoms with Gasteiger partial charge in [0.15, 0.2) is 5.82 Å². The van der Waals surface area contributed by atoms with Crippen molar-refractivity contribution in [2.75, 3.05) is 0 Å². The fraction of sp³-hybridized carbons (Fsp3) is 0.135. The molecule has 0 spiro atoms. The Balaban J connectivity index is 1.32. The number of aromatic nitrogens is 2. The molecule has 0 saturated heterocycles. The third-order valence-corrected chi connectivity index (χ3v) is 9.97. The molecular weight excluding hydrogens is 520 g/mol. The molecule has 4 heteroatoms. The molecule has 3 heterocycles. The Kier molecular flexibility index (Phi) is 5.48. The van der Waals surface area contributed by atoms with Crippen molar-refractivity contribution in [3.05, 3.63) is 120 Å². The smallest absolute Gasteiger partial charge is 0.160 e. The summed E-state index contributed by atoms with van der Waals surface area (Å²) < 4.78 is 8.99. The van der Waals surface area contributed by atoms with Gasteiger partial charge in [-0.05, 0) is 55.3 Å². The van der Waals surface area contributed by atoms with E-state index in [-0.39, 0.29) is 5.41 Å². The predicted molar refractivity (Wildman–Crippen MR) is 171 cm³/mol. The van der Waals surface area contributed by atoms with Crippen LogP contribution in [0.3, 0.4) is 0 Å². The van der Waals surface area contributed by atoms with E-state index >= 15 is 0 Å². The maximum atomic E-state index is 6.42. The third-order valence-electron chi connectivity index (χ3n) is 8.84. The third kappa shape index (κ3) is 3.64. The average molecular weight is 549 g/mol. The topological polar surface area (TPSA) is 35.0 Å². The van der Waals surface area contributed by atoms with Crippen LogP contribution in [0.25, 0.3) is 53.7 Å². The van der Waals surface area contributed by atoms with Gasteiger partial charge >= 0.3 is 0 Å². The van der Waals surface area contributed by atoms with Gasteiger partial charge in [-0.25, -0.2) is 9.97 Å². The molecule has 1 aliphatic heterocycles. The first-order valence-corrected chi connectivity index (χ1v) is 15.1. The van der Waals surface area contributed by atoms with E-state index in [1.807, 2.05) is 11.3 Å². The summed E-state index contributed by atoms with van der Waals surface area (Å²) in [6.45, 7) is 4.55. The minimum absolute atomic E-state index is 0.119. The average Bonchev–Trinajstić information content (AvgIpc) is 3.41. The molecule has 0 aliphatic carbocycles. The number of thiophene rings is 1. The van der Waals surface area contributed by atoms with Gasteiger partial charge in [-0.15, -0.1) is 11.3 Å². The fourth-order valence-electron chi connectivity index (χ4n) is 6.66. The Morgan fingerprint density at radius 3 is 2.20 bits per heavy atom. The van der Waals surface area contributed by atoms with Gasteiger partial charge in [-0.3, -0.25) is 0 Å². The van der Waals surface area contributed by atoms with E-state index in [2.05, 4.69) is 123 Å². The number of para-hydroxylation sites is 2. The number of benzene rings is 5. The Morgan fingerprint density at radius 2 is 1.32 bits per heavy atom. The molecule has 8 rings (SSSR count).